The predicted molar refractivity (Wildman–Crippen MR) is 107 cm³/mol. The van der Waals surface area contributed by atoms with Crippen LogP contribution in [-0.2, 0) is 11.2 Å². The summed E-state index contributed by atoms with van der Waals surface area (Å²) in [6.07, 6.45) is 2.05. The van der Waals surface area contributed by atoms with Crippen molar-refractivity contribution in [1.29, 1.82) is 0 Å². The lowest BCUT2D eigenvalue weighted by Gasteiger charge is -2.17. The first-order valence-electron chi connectivity index (χ1n) is 9.39. The number of ether oxygens (including phenoxy) is 4. The molecule has 0 bridgehead atoms. The molecule has 0 unspecified atom stereocenters. The number of aromatic amines is 1. The van der Waals surface area contributed by atoms with E-state index in [1.165, 1.54) is 28.4 Å². The van der Waals surface area contributed by atoms with Gasteiger partial charge in [-0.1, -0.05) is 0 Å². The molecule has 0 radical (unpaired) electrons. The molecule has 3 rings (SSSR count). The fraction of sp³-hybridized carbons (Fsp3) is 0.429. The average molecular weight is 402 g/mol. The highest BCUT2D eigenvalue weighted by molar-refractivity contribution is 6.13. The Morgan fingerprint density at radius 1 is 1.07 bits per heavy atom. The molecule has 29 heavy (non-hydrogen) atoms. The van der Waals surface area contributed by atoms with Crippen LogP contribution in [0.25, 0.3) is 11.1 Å². The average Bonchev–Trinajstić information content (AvgIpc) is 3.53. The van der Waals surface area contributed by atoms with Crippen LogP contribution in [0.2, 0.25) is 0 Å². The van der Waals surface area contributed by atoms with Gasteiger partial charge < -0.3 is 29.7 Å². The van der Waals surface area contributed by atoms with Crippen molar-refractivity contribution in [2.45, 2.75) is 19.3 Å². The lowest BCUT2D eigenvalue weighted by atomic mass is 9.93. The molecular formula is C21H26N2O6. The molecule has 8 nitrogen and oxygen atoms in total. The molecule has 0 saturated heterocycles. The maximum absolute atomic E-state index is 13.2. The van der Waals surface area contributed by atoms with Gasteiger partial charge in [0.05, 0.1) is 34.0 Å². The van der Waals surface area contributed by atoms with Crippen molar-refractivity contribution in [3.05, 3.63) is 29.1 Å². The Labute approximate surface area is 169 Å². The SMILES string of the molecule is COC(=O)c1[nH]c(CCN)c(-c2ccc(OC)c(OC)c2OC)c1C(=O)C1CC1. The number of hydrogen-bond donors (Lipinski definition) is 2. The lowest BCUT2D eigenvalue weighted by molar-refractivity contribution is 0.0590. The van der Waals surface area contributed by atoms with Crippen molar-refractivity contribution in [3.8, 4) is 28.4 Å². The van der Waals surface area contributed by atoms with Crippen LogP contribution in [0.5, 0.6) is 17.2 Å². The third-order valence-corrected chi connectivity index (χ3v) is 5.03. The molecule has 1 aromatic carbocycles. The first kappa shape index (κ1) is 20.7. The molecule has 8 heteroatoms. The Morgan fingerprint density at radius 2 is 1.76 bits per heavy atom. The predicted octanol–water partition coefficient (Wildman–Crippen LogP) is 2.59. The highest BCUT2D eigenvalue weighted by Gasteiger charge is 2.38. The van der Waals surface area contributed by atoms with Crippen LogP contribution in [-0.4, -0.2) is 51.7 Å². The second-order valence-corrected chi connectivity index (χ2v) is 6.78. The van der Waals surface area contributed by atoms with Crippen molar-refractivity contribution in [1.82, 2.24) is 4.98 Å². The van der Waals surface area contributed by atoms with Gasteiger partial charge in [-0.2, -0.15) is 0 Å². The van der Waals surface area contributed by atoms with Crippen LogP contribution in [0.1, 0.15) is 39.4 Å². The molecule has 0 aliphatic heterocycles. The zero-order valence-corrected chi connectivity index (χ0v) is 17.1. The number of nitrogens with one attached hydrogen (secondary N) is 1. The van der Waals surface area contributed by atoms with Gasteiger partial charge in [0.15, 0.2) is 17.3 Å². The topological polar surface area (TPSA) is 113 Å². The van der Waals surface area contributed by atoms with Crippen LogP contribution < -0.4 is 19.9 Å². The zero-order valence-electron chi connectivity index (χ0n) is 17.1. The molecule has 0 spiro atoms. The molecule has 1 fully saturated rings. The molecule has 1 aliphatic carbocycles. The van der Waals surface area contributed by atoms with E-state index in [1.807, 2.05) is 0 Å². The van der Waals surface area contributed by atoms with Crippen LogP contribution in [0.3, 0.4) is 0 Å². The van der Waals surface area contributed by atoms with Gasteiger partial charge in [-0.25, -0.2) is 4.79 Å². The number of Topliss-reactive ketones (excluding diaryl/α,β-unsaturated/α-hetero) is 1. The maximum Gasteiger partial charge on any atom is 0.355 e. The number of carbonyl (C=O) groups is 2. The monoisotopic (exact) mass is 402 g/mol. The minimum atomic E-state index is -0.599. The summed E-state index contributed by atoms with van der Waals surface area (Å²) in [6, 6.07) is 3.52. The van der Waals surface area contributed by atoms with Crippen molar-refractivity contribution < 1.29 is 28.5 Å². The third kappa shape index (κ3) is 3.67. The van der Waals surface area contributed by atoms with E-state index in [0.29, 0.717) is 52.6 Å². The molecule has 156 valence electrons. The van der Waals surface area contributed by atoms with Crippen molar-refractivity contribution >= 4 is 11.8 Å². The van der Waals surface area contributed by atoms with Gasteiger partial charge in [0.2, 0.25) is 5.75 Å². The number of hydrogen-bond acceptors (Lipinski definition) is 7. The Hall–Kier alpha value is -3.00. The summed E-state index contributed by atoms with van der Waals surface area (Å²) in [5.41, 5.74) is 8.12. The summed E-state index contributed by atoms with van der Waals surface area (Å²) in [6.45, 7) is 0.334. The Kier molecular flexibility index (Phi) is 6.12. The second kappa shape index (κ2) is 8.57. The molecule has 1 aromatic heterocycles. The van der Waals surface area contributed by atoms with E-state index in [9.17, 15) is 9.59 Å². The minimum absolute atomic E-state index is 0.0863. The molecule has 3 N–H and O–H groups in total. The first-order valence-corrected chi connectivity index (χ1v) is 9.39. The second-order valence-electron chi connectivity index (χ2n) is 6.78. The molecule has 1 heterocycles. The minimum Gasteiger partial charge on any atom is -0.493 e. The van der Waals surface area contributed by atoms with E-state index in [2.05, 4.69) is 4.98 Å². The van der Waals surface area contributed by atoms with Gasteiger partial charge in [0.25, 0.3) is 0 Å². The van der Waals surface area contributed by atoms with Gasteiger partial charge in [0.1, 0.15) is 5.69 Å². The van der Waals surface area contributed by atoms with E-state index < -0.39 is 5.97 Å². The largest absolute Gasteiger partial charge is 0.493 e. The molecule has 2 aromatic rings. The summed E-state index contributed by atoms with van der Waals surface area (Å²) in [7, 11) is 5.84. The standard InChI is InChI=1S/C21H26N2O6/c1-26-14-8-7-12(19(27-2)20(14)28-3)15-13(9-10-22)23-17(21(25)29-4)16(15)18(24)11-5-6-11/h7-8,11,23H,5-6,9-10,22H2,1-4H3. The normalized spacial score (nSPS) is 13.1. The van der Waals surface area contributed by atoms with Gasteiger partial charge in [-0.3, -0.25) is 4.79 Å². The number of methoxy groups -OCH3 is 4. The number of nitrogens with two attached hydrogens (primary N) is 1. The molecule has 1 aliphatic rings. The Morgan fingerprint density at radius 3 is 2.28 bits per heavy atom. The summed E-state index contributed by atoms with van der Waals surface area (Å²) in [5, 5.41) is 0. The van der Waals surface area contributed by atoms with E-state index in [-0.39, 0.29) is 17.4 Å². The van der Waals surface area contributed by atoms with Crippen molar-refractivity contribution in [3.63, 3.8) is 0 Å². The van der Waals surface area contributed by atoms with Crippen LogP contribution in [0, 0.1) is 5.92 Å². The number of rotatable bonds is 9. The fourth-order valence-corrected chi connectivity index (χ4v) is 3.53. The Bertz CT molecular complexity index is 930. The summed E-state index contributed by atoms with van der Waals surface area (Å²) in [5.74, 6) is 0.522. The van der Waals surface area contributed by atoms with Gasteiger partial charge in [-0.05, 0) is 31.5 Å². The maximum atomic E-state index is 13.2. The summed E-state index contributed by atoms with van der Waals surface area (Å²) < 4.78 is 21.4. The van der Waals surface area contributed by atoms with E-state index in [0.717, 1.165) is 12.8 Å². The summed E-state index contributed by atoms with van der Waals surface area (Å²) >= 11 is 0. The fourth-order valence-electron chi connectivity index (χ4n) is 3.53. The van der Waals surface area contributed by atoms with Crippen molar-refractivity contribution in [2.75, 3.05) is 35.0 Å². The number of esters is 1. The summed E-state index contributed by atoms with van der Waals surface area (Å²) in [4.78, 5) is 28.7. The smallest absolute Gasteiger partial charge is 0.355 e. The van der Waals surface area contributed by atoms with Crippen LogP contribution >= 0.6 is 0 Å². The highest BCUT2D eigenvalue weighted by Crippen LogP contribution is 2.48. The highest BCUT2D eigenvalue weighted by atomic mass is 16.5. The van der Waals surface area contributed by atoms with Crippen LogP contribution in [0.15, 0.2) is 12.1 Å². The number of ketones is 1. The molecule has 0 amide bonds. The quantitative estimate of drug-likeness (QED) is 0.490. The van der Waals surface area contributed by atoms with Crippen molar-refractivity contribution in [2.24, 2.45) is 11.7 Å². The van der Waals surface area contributed by atoms with Gasteiger partial charge in [-0.15, -0.1) is 0 Å². The first-order chi connectivity index (χ1) is 14.0. The van der Waals surface area contributed by atoms with Gasteiger partial charge in [0, 0.05) is 29.2 Å². The number of carbonyl (C=O) groups excluding carboxylic acids is 2. The van der Waals surface area contributed by atoms with E-state index in [1.54, 1.807) is 12.1 Å². The third-order valence-electron chi connectivity index (χ3n) is 5.03. The number of H-pyrrole nitrogens is 1. The number of aromatic nitrogens is 1. The molecule has 1 saturated carbocycles. The zero-order chi connectivity index (χ0) is 21.1. The molecular weight excluding hydrogens is 376 g/mol. The van der Waals surface area contributed by atoms with Crippen LogP contribution in [0.4, 0.5) is 0 Å². The number of benzene rings is 1. The lowest BCUT2D eigenvalue weighted by Crippen LogP contribution is -2.11. The Balaban J connectivity index is 2.34. The molecule has 0 atom stereocenters. The van der Waals surface area contributed by atoms with E-state index in [4.69, 9.17) is 24.7 Å². The van der Waals surface area contributed by atoms with E-state index >= 15 is 0 Å². The van der Waals surface area contributed by atoms with Gasteiger partial charge >= 0.3 is 5.97 Å².